The molecule has 0 saturated carbocycles. The Morgan fingerprint density at radius 3 is 2.18 bits per heavy atom. The molecule has 1 aliphatic rings. The molecule has 33 heavy (non-hydrogen) atoms. The van der Waals surface area contributed by atoms with Crippen LogP contribution in [0.25, 0.3) is 0 Å². The predicted molar refractivity (Wildman–Crippen MR) is 123 cm³/mol. The molecule has 0 aliphatic carbocycles. The van der Waals surface area contributed by atoms with E-state index in [1.54, 1.807) is 42.5 Å². The Labute approximate surface area is 193 Å². The summed E-state index contributed by atoms with van der Waals surface area (Å²) in [6.45, 7) is 0. The largest absolute Gasteiger partial charge is 0.321 e. The number of hydrogen-bond donors (Lipinski definition) is 1. The predicted octanol–water partition coefficient (Wildman–Crippen LogP) is 5.03. The molecule has 0 bridgehead atoms. The van der Waals surface area contributed by atoms with E-state index in [0.717, 1.165) is 17.3 Å². The van der Waals surface area contributed by atoms with E-state index in [9.17, 15) is 23.6 Å². The lowest BCUT2D eigenvalue weighted by Gasteiger charge is -2.18. The number of benzene rings is 3. The third-order valence-electron chi connectivity index (χ3n) is 4.96. The lowest BCUT2D eigenvalue weighted by atomic mass is 10.1. The van der Waals surface area contributed by atoms with Crippen LogP contribution in [-0.2, 0) is 16.0 Å². The van der Waals surface area contributed by atoms with E-state index in [2.05, 4.69) is 5.32 Å². The second kappa shape index (κ2) is 9.67. The van der Waals surface area contributed by atoms with Crippen LogP contribution in [0.5, 0.6) is 0 Å². The van der Waals surface area contributed by atoms with Gasteiger partial charge in [-0.2, -0.15) is 5.26 Å². The van der Waals surface area contributed by atoms with Crippen LogP contribution in [0, 0.1) is 23.0 Å². The molecule has 1 fully saturated rings. The van der Waals surface area contributed by atoms with Crippen molar-refractivity contribution in [3.63, 3.8) is 0 Å². The van der Waals surface area contributed by atoms with Crippen LogP contribution in [0.2, 0.25) is 0 Å². The first-order chi connectivity index (χ1) is 16.0. The van der Waals surface area contributed by atoms with Crippen LogP contribution in [0.4, 0.5) is 20.2 Å². The zero-order chi connectivity index (χ0) is 23.4. The van der Waals surface area contributed by atoms with E-state index in [1.807, 2.05) is 6.07 Å². The third kappa shape index (κ3) is 4.94. The summed E-state index contributed by atoms with van der Waals surface area (Å²) >= 11 is 1.11. The fraction of sp³-hybridized carbons (Fsp3) is 0.0800. The van der Waals surface area contributed by atoms with Crippen molar-refractivity contribution < 1.29 is 18.4 Å². The number of nitrogens with one attached hydrogen (secondary N) is 1. The van der Waals surface area contributed by atoms with Crippen molar-refractivity contribution in [2.75, 3.05) is 10.2 Å². The summed E-state index contributed by atoms with van der Waals surface area (Å²) in [5, 5.41) is 12.0. The minimum absolute atomic E-state index is 0.209. The zero-order valence-corrected chi connectivity index (χ0v) is 18.0. The molecule has 1 N–H and O–H groups in total. The molecule has 0 unspecified atom stereocenters. The standard InChI is InChI=1S/C25H17F2N3O2S/c26-17-8-6-16(7-9-17)14-22-24(32)30(20-4-2-1-3-5-20)25(33-22)21(15-28)23(31)29-19-12-10-18(27)11-13-19/h1-13,22H,14H2,(H,29,31)/b25-21-/t22-/m1/s1. The molecule has 0 aromatic heterocycles. The first-order valence-corrected chi connectivity index (χ1v) is 10.9. The van der Waals surface area contributed by atoms with Gasteiger partial charge >= 0.3 is 0 Å². The number of carbonyl (C=O) groups is 2. The molecule has 1 heterocycles. The minimum Gasteiger partial charge on any atom is -0.321 e. The number of hydrogen-bond acceptors (Lipinski definition) is 4. The van der Waals surface area contributed by atoms with Gasteiger partial charge in [-0.05, 0) is 60.5 Å². The first-order valence-electron chi connectivity index (χ1n) is 9.97. The highest BCUT2D eigenvalue weighted by molar-refractivity contribution is 8.05. The number of nitriles is 1. The average molecular weight is 461 g/mol. The van der Waals surface area contributed by atoms with E-state index >= 15 is 0 Å². The molecule has 3 aromatic carbocycles. The summed E-state index contributed by atoms with van der Waals surface area (Å²) in [4.78, 5) is 27.6. The van der Waals surface area contributed by atoms with Gasteiger partial charge in [0, 0.05) is 11.4 Å². The normalized spacial score (nSPS) is 16.9. The molecule has 164 valence electrons. The van der Waals surface area contributed by atoms with Gasteiger partial charge in [-0.3, -0.25) is 14.5 Å². The molecule has 1 aliphatic heterocycles. The number of nitrogens with zero attached hydrogens (tertiary/aromatic N) is 2. The number of halogens is 2. The molecule has 5 nitrogen and oxygen atoms in total. The van der Waals surface area contributed by atoms with E-state index < -0.39 is 17.0 Å². The quantitative estimate of drug-likeness (QED) is 0.427. The molecule has 4 rings (SSSR count). The Kier molecular flexibility index (Phi) is 6.52. The highest BCUT2D eigenvalue weighted by atomic mass is 32.2. The zero-order valence-electron chi connectivity index (χ0n) is 17.2. The molecule has 2 amide bonds. The minimum atomic E-state index is -0.706. The van der Waals surface area contributed by atoms with Gasteiger partial charge in [0.2, 0.25) is 5.91 Å². The van der Waals surface area contributed by atoms with Crippen molar-refractivity contribution in [2.45, 2.75) is 11.7 Å². The number of anilines is 2. The molecule has 3 aromatic rings. The van der Waals surface area contributed by atoms with Gasteiger partial charge in [0.25, 0.3) is 5.91 Å². The van der Waals surface area contributed by atoms with E-state index in [1.165, 1.54) is 41.3 Å². The topological polar surface area (TPSA) is 73.2 Å². The summed E-state index contributed by atoms with van der Waals surface area (Å²) in [5.74, 6) is -1.82. The highest BCUT2D eigenvalue weighted by Gasteiger charge is 2.40. The van der Waals surface area contributed by atoms with Crippen molar-refractivity contribution in [3.05, 3.63) is 107 Å². The summed E-state index contributed by atoms with van der Waals surface area (Å²) in [5.41, 5.74) is 1.36. The van der Waals surface area contributed by atoms with Crippen LogP contribution in [0.3, 0.4) is 0 Å². The summed E-state index contributed by atoms with van der Waals surface area (Å²) in [6, 6.07) is 21.6. The van der Waals surface area contributed by atoms with Gasteiger partial charge in [-0.15, -0.1) is 0 Å². The maximum atomic E-state index is 13.3. The van der Waals surface area contributed by atoms with Crippen LogP contribution >= 0.6 is 11.8 Å². The molecule has 1 saturated heterocycles. The Morgan fingerprint density at radius 1 is 0.970 bits per heavy atom. The number of amides is 2. The SMILES string of the molecule is N#C/C(C(=O)Nc1ccc(F)cc1)=C1/S[C@H](Cc2ccc(F)cc2)C(=O)N1c1ccccc1. The third-order valence-corrected chi connectivity index (χ3v) is 6.22. The van der Waals surface area contributed by atoms with Crippen LogP contribution in [-0.4, -0.2) is 17.1 Å². The van der Waals surface area contributed by atoms with E-state index in [4.69, 9.17) is 0 Å². The second-order valence-electron chi connectivity index (χ2n) is 7.20. The molecule has 1 atom stereocenters. The van der Waals surface area contributed by atoms with E-state index in [-0.39, 0.29) is 22.3 Å². The summed E-state index contributed by atoms with van der Waals surface area (Å²) in [7, 11) is 0. The van der Waals surface area contributed by atoms with E-state index in [0.29, 0.717) is 17.8 Å². The maximum absolute atomic E-state index is 13.3. The monoisotopic (exact) mass is 461 g/mol. The van der Waals surface area contributed by atoms with Crippen LogP contribution in [0.15, 0.2) is 89.5 Å². The Hall–Kier alpha value is -3.96. The Balaban J connectivity index is 1.70. The van der Waals surface area contributed by atoms with Gasteiger partial charge < -0.3 is 5.32 Å². The summed E-state index contributed by atoms with van der Waals surface area (Å²) in [6.07, 6.45) is 0.300. The smallest absolute Gasteiger partial charge is 0.269 e. The Morgan fingerprint density at radius 2 is 1.58 bits per heavy atom. The number of thioether (sulfide) groups is 1. The van der Waals surface area contributed by atoms with Crippen molar-refractivity contribution in [2.24, 2.45) is 0 Å². The van der Waals surface area contributed by atoms with Crippen molar-refractivity contribution >= 4 is 35.0 Å². The Bertz CT molecular complexity index is 1250. The molecule has 0 radical (unpaired) electrons. The lowest BCUT2D eigenvalue weighted by molar-refractivity contribution is -0.117. The van der Waals surface area contributed by atoms with Crippen molar-refractivity contribution in [1.29, 1.82) is 5.26 Å². The summed E-state index contributed by atoms with van der Waals surface area (Å²) < 4.78 is 26.5. The molecular formula is C25H17F2N3O2S. The fourth-order valence-electron chi connectivity index (χ4n) is 3.36. The number of rotatable bonds is 5. The van der Waals surface area contributed by atoms with Crippen LogP contribution < -0.4 is 10.2 Å². The average Bonchev–Trinajstić information content (AvgIpc) is 3.13. The van der Waals surface area contributed by atoms with Gasteiger partial charge in [-0.1, -0.05) is 42.1 Å². The maximum Gasteiger partial charge on any atom is 0.269 e. The number of carbonyl (C=O) groups excluding carboxylic acids is 2. The van der Waals surface area contributed by atoms with Gasteiger partial charge in [0.1, 0.15) is 28.3 Å². The first kappa shape index (κ1) is 22.2. The van der Waals surface area contributed by atoms with Gasteiger partial charge in [0.15, 0.2) is 0 Å². The molecule has 0 spiro atoms. The van der Waals surface area contributed by atoms with Crippen molar-refractivity contribution in [1.82, 2.24) is 0 Å². The second-order valence-corrected chi connectivity index (χ2v) is 8.39. The molecule has 8 heteroatoms. The lowest BCUT2D eigenvalue weighted by Crippen LogP contribution is -2.30. The van der Waals surface area contributed by atoms with Crippen molar-refractivity contribution in [3.8, 4) is 6.07 Å². The fourth-order valence-corrected chi connectivity index (χ4v) is 4.67. The van der Waals surface area contributed by atoms with Gasteiger partial charge in [-0.25, -0.2) is 8.78 Å². The highest BCUT2D eigenvalue weighted by Crippen LogP contribution is 2.42. The van der Waals surface area contributed by atoms with Gasteiger partial charge in [0.05, 0.1) is 5.25 Å². The molecular weight excluding hydrogens is 444 g/mol. The van der Waals surface area contributed by atoms with Crippen LogP contribution in [0.1, 0.15) is 5.56 Å². The number of para-hydroxylation sites is 1.